The maximum atomic E-state index is 12.3. The summed E-state index contributed by atoms with van der Waals surface area (Å²) in [5.74, 6) is -1.46. The lowest BCUT2D eigenvalue weighted by Crippen LogP contribution is -2.31. The zero-order valence-electron chi connectivity index (χ0n) is 16.8. The van der Waals surface area contributed by atoms with Gasteiger partial charge >= 0.3 is 11.9 Å². The third-order valence-electron chi connectivity index (χ3n) is 4.62. The van der Waals surface area contributed by atoms with Crippen molar-refractivity contribution < 1.29 is 23.9 Å². The molecule has 7 nitrogen and oxygen atoms in total. The number of pyridine rings is 1. The number of para-hydroxylation sites is 1. The Morgan fingerprint density at radius 2 is 1.70 bits per heavy atom. The van der Waals surface area contributed by atoms with Gasteiger partial charge in [-0.15, -0.1) is 0 Å². The zero-order chi connectivity index (χ0) is 21.5. The highest BCUT2D eigenvalue weighted by Gasteiger charge is 2.20. The summed E-state index contributed by atoms with van der Waals surface area (Å²) in [6.07, 6.45) is 0.173. The number of aromatic nitrogens is 1. The van der Waals surface area contributed by atoms with E-state index in [-0.39, 0.29) is 31.0 Å². The second-order valence-corrected chi connectivity index (χ2v) is 6.67. The van der Waals surface area contributed by atoms with Gasteiger partial charge in [0.05, 0.1) is 30.3 Å². The number of ether oxygens (including phenoxy) is 2. The lowest BCUT2D eigenvalue weighted by atomic mass is 10.0. The number of nitrogens with zero attached hydrogens (tertiary/aromatic N) is 1. The average molecular weight is 406 g/mol. The molecule has 2 aromatic carbocycles. The number of esters is 2. The van der Waals surface area contributed by atoms with E-state index >= 15 is 0 Å². The number of rotatable bonds is 7. The number of amides is 1. The molecular formula is C23H22N2O5. The largest absolute Gasteiger partial charge is 0.465 e. The molecule has 0 saturated heterocycles. The minimum Gasteiger partial charge on any atom is -0.465 e. The number of hydrogen-bond donors (Lipinski definition) is 1. The van der Waals surface area contributed by atoms with E-state index in [1.807, 2.05) is 54.6 Å². The van der Waals surface area contributed by atoms with Gasteiger partial charge in [-0.05, 0) is 24.1 Å². The van der Waals surface area contributed by atoms with Crippen LogP contribution in [0.15, 0.2) is 54.6 Å². The molecule has 0 spiro atoms. The Kier molecular flexibility index (Phi) is 6.75. The van der Waals surface area contributed by atoms with Crippen molar-refractivity contribution in [3.8, 4) is 0 Å². The van der Waals surface area contributed by atoms with Crippen LogP contribution >= 0.6 is 0 Å². The molecule has 1 N–H and O–H groups in total. The van der Waals surface area contributed by atoms with Gasteiger partial charge in [-0.25, -0.2) is 9.78 Å². The van der Waals surface area contributed by atoms with Crippen LogP contribution in [0.5, 0.6) is 0 Å². The molecule has 0 radical (unpaired) electrons. The van der Waals surface area contributed by atoms with Crippen molar-refractivity contribution in [1.29, 1.82) is 0 Å². The molecule has 7 heteroatoms. The maximum absolute atomic E-state index is 12.3. The van der Waals surface area contributed by atoms with Gasteiger partial charge in [-0.2, -0.15) is 0 Å². The molecule has 0 aliphatic heterocycles. The van der Waals surface area contributed by atoms with Gasteiger partial charge in [-0.3, -0.25) is 9.59 Å². The predicted molar refractivity (Wildman–Crippen MR) is 111 cm³/mol. The summed E-state index contributed by atoms with van der Waals surface area (Å²) in [5.41, 5.74) is 2.82. The average Bonchev–Trinajstić information content (AvgIpc) is 2.76. The second kappa shape index (κ2) is 9.65. The summed E-state index contributed by atoms with van der Waals surface area (Å²) in [6, 6.07) is 16.6. The van der Waals surface area contributed by atoms with Gasteiger partial charge in [0.15, 0.2) is 0 Å². The van der Waals surface area contributed by atoms with Crippen molar-refractivity contribution in [2.45, 2.75) is 20.0 Å². The molecule has 3 rings (SSSR count). The third-order valence-corrected chi connectivity index (χ3v) is 4.62. The van der Waals surface area contributed by atoms with Crippen LogP contribution in [0.1, 0.15) is 27.2 Å². The van der Waals surface area contributed by atoms with Crippen molar-refractivity contribution in [3.63, 3.8) is 0 Å². The van der Waals surface area contributed by atoms with Crippen molar-refractivity contribution >= 4 is 28.7 Å². The molecule has 30 heavy (non-hydrogen) atoms. The lowest BCUT2D eigenvalue weighted by Gasteiger charge is -2.13. The normalized spacial score (nSPS) is 10.5. The molecule has 154 valence electrons. The molecule has 1 heterocycles. The van der Waals surface area contributed by atoms with E-state index in [4.69, 9.17) is 9.47 Å². The van der Waals surface area contributed by atoms with Crippen molar-refractivity contribution in [1.82, 2.24) is 10.3 Å². The van der Waals surface area contributed by atoms with E-state index in [0.717, 1.165) is 10.9 Å². The van der Waals surface area contributed by atoms with E-state index < -0.39 is 11.9 Å². The molecule has 3 aromatic rings. The Labute approximate surface area is 174 Å². The summed E-state index contributed by atoms with van der Waals surface area (Å²) in [4.78, 5) is 40.8. The number of aryl methyl sites for hydroxylation is 1. The molecule has 0 unspecified atom stereocenters. The highest BCUT2D eigenvalue weighted by atomic mass is 16.5. The number of methoxy groups -OCH3 is 1. The topological polar surface area (TPSA) is 94.6 Å². The molecule has 1 aromatic heterocycles. The summed E-state index contributed by atoms with van der Waals surface area (Å²) in [5, 5.41) is 3.35. The summed E-state index contributed by atoms with van der Waals surface area (Å²) in [7, 11) is 1.29. The quantitative estimate of drug-likeness (QED) is 0.607. The van der Waals surface area contributed by atoms with Crippen LogP contribution in [-0.4, -0.2) is 36.5 Å². The SMILES string of the molecule is COC(=O)c1c(COC(=O)CNC(=O)Cc2ccccc2)nc2ccccc2c1C. The maximum Gasteiger partial charge on any atom is 0.340 e. The van der Waals surface area contributed by atoms with Crippen LogP contribution in [0, 0.1) is 6.92 Å². The summed E-state index contributed by atoms with van der Waals surface area (Å²) >= 11 is 0. The van der Waals surface area contributed by atoms with E-state index in [9.17, 15) is 14.4 Å². The summed E-state index contributed by atoms with van der Waals surface area (Å²) in [6.45, 7) is 1.32. The minimum atomic E-state index is -0.625. The Balaban J connectivity index is 1.65. The molecule has 0 aliphatic carbocycles. The highest BCUT2D eigenvalue weighted by molar-refractivity contribution is 5.98. The van der Waals surface area contributed by atoms with Gasteiger partial charge in [0, 0.05) is 5.39 Å². The fourth-order valence-electron chi connectivity index (χ4n) is 3.13. The first-order chi connectivity index (χ1) is 14.5. The Bertz CT molecular complexity index is 1080. The Hall–Kier alpha value is -3.74. The van der Waals surface area contributed by atoms with Crippen LogP contribution in [0.3, 0.4) is 0 Å². The van der Waals surface area contributed by atoms with Crippen LogP contribution in [0.25, 0.3) is 10.9 Å². The molecule has 0 atom stereocenters. The van der Waals surface area contributed by atoms with Gasteiger partial charge in [0.1, 0.15) is 13.2 Å². The minimum absolute atomic E-state index is 0.173. The smallest absolute Gasteiger partial charge is 0.340 e. The first-order valence-corrected chi connectivity index (χ1v) is 9.42. The van der Waals surface area contributed by atoms with Gasteiger partial charge < -0.3 is 14.8 Å². The Morgan fingerprint density at radius 1 is 1.00 bits per heavy atom. The number of benzene rings is 2. The van der Waals surface area contributed by atoms with Gasteiger partial charge in [0.2, 0.25) is 5.91 Å². The van der Waals surface area contributed by atoms with Crippen LogP contribution in [-0.2, 0) is 32.1 Å². The van der Waals surface area contributed by atoms with Crippen molar-refractivity contribution in [3.05, 3.63) is 77.0 Å². The summed E-state index contributed by atoms with van der Waals surface area (Å²) < 4.78 is 10.1. The third kappa shape index (κ3) is 5.00. The monoisotopic (exact) mass is 406 g/mol. The van der Waals surface area contributed by atoms with Crippen LogP contribution < -0.4 is 5.32 Å². The fraction of sp³-hybridized carbons (Fsp3) is 0.217. The Morgan fingerprint density at radius 3 is 2.43 bits per heavy atom. The number of fused-ring (bicyclic) bond motifs is 1. The molecular weight excluding hydrogens is 384 g/mol. The molecule has 1 amide bonds. The highest BCUT2D eigenvalue weighted by Crippen LogP contribution is 2.24. The molecule has 0 bridgehead atoms. The van der Waals surface area contributed by atoms with Crippen LogP contribution in [0.2, 0.25) is 0 Å². The first kappa shape index (κ1) is 21.0. The van der Waals surface area contributed by atoms with E-state index in [1.165, 1.54) is 7.11 Å². The fourth-order valence-corrected chi connectivity index (χ4v) is 3.13. The number of hydrogen-bond acceptors (Lipinski definition) is 6. The number of carbonyl (C=O) groups is 3. The van der Waals surface area contributed by atoms with Crippen molar-refractivity contribution in [2.24, 2.45) is 0 Å². The first-order valence-electron chi connectivity index (χ1n) is 9.42. The van der Waals surface area contributed by atoms with E-state index in [1.54, 1.807) is 6.92 Å². The zero-order valence-corrected chi connectivity index (χ0v) is 16.8. The molecule has 0 fully saturated rings. The second-order valence-electron chi connectivity index (χ2n) is 6.67. The molecule has 0 aliphatic rings. The molecule has 0 saturated carbocycles. The predicted octanol–water partition coefficient (Wildman–Crippen LogP) is 2.73. The van der Waals surface area contributed by atoms with Crippen molar-refractivity contribution in [2.75, 3.05) is 13.7 Å². The standard InChI is InChI=1S/C23H22N2O5/c1-15-17-10-6-7-11-18(17)25-19(22(15)23(28)29-2)14-30-21(27)13-24-20(26)12-16-8-4-3-5-9-16/h3-11H,12-14H2,1-2H3,(H,24,26). The van der Waals surface area contributed by atoms with Gasteiger partial charge in [0.25, 0.3) is 0 Å². The number of carbonyl (C=O) groups excluding carboxylic acids is 3. The van der Waals surface area contributed by atoms with E-state index in [0.29, 0.717) is 16.8 Å². The lowest BCUT2D eigenvalue weighted by molar-refractivity contribution is -0.145. The van der Waals surface area contributed by atoms with E-state index in [2.05, 4.69) is 10.3 Å². The van der Waals surface area contributed by atoms with Crippen LogP contribution in [0.4, 0.5) is 0 Å². The van der Waals surface area contributed by atoms with Gasteiger partial charge in [-0.1, -0.05) is 48.5 Å². The number of nitrogens with one attached hydrogen (secondary N) is 1.